The standard InChI is InChI=1S/C10H14N6/c1-6-9(13-14-16(6)3)10-12-7-4-11-5-8(7)15(10)2/h11H,4-5H2,1-3H3. The van der Waals surface area contributed by atoms with Gasteiger partial charge >= 0.3 is 0 Å². The molecule has 3 heterocycles. The highest BCUT2D eigenvalue weighted by Crippen LogP contribution is 2.24. The van der Waals surface area contributed by atoms with Gasteiger partial charge in [-0.3, -0.25) is 4.68 Å². The van der Waals surface area contributed by atoms with Crippen molar-refractivity contribution < 1.29 is 0 Å². The van der Waals surface area contributed by atoms with Crippen LogP contribution < -0.4 is 5.32 Å². The Kier molecular flexibility index (Phi) is 1.88. The van der Waals surface area contributed by atoms with E-state index < -0.39 is 0 Å². The molecule has 0 saturated heterocycles. The minimum absolute atomic E-state index is 0.850. The number of nitrogens with zero attached hydrogens (tertiary/aromatic N) is 5. The van der Waals surface area contributed by atoms with Gasteiger partial charge in [0, 0.05) is 27.2 Å². The molecule has 6 heteroatoms. The highest BCUT2D eigenvalue weighted by atomic mass is 15.4. The van der Waals surface area contributed by atoms with Gasteiger partial charge in [0.25, 0.3) is 0 Å². The van der Waals surface area contributed by atoms with E-state index in [0.29, 0.717) is 0 Å². The summed E-state index contributed by atoms with van der Waals surface area (Å²) in [6.45, 7) is 3.74. The number of hydrogen-bond acceptors (Lipinski definition) is 4. The number of fused-ring (bicyclic) bond motifs is 1. The van der Waals surface area contributed by atoms with Crippen LogP contribution in [0, 0.1) is 6.92 Å². The molecule has 0 aromatic carbocycles. The Morgan fingerprint density at radius 2 is 2.06 bits per heavy atom. The van der Waals surface area contributed by atoms with Crippen molar-refractivity contribution in [2.75, 3.05) is 0 Å². The molecule has 2 aromatic heterocycles. The predicted molar refractivity (Wildman–Crippen MR) is 58.5 cm³/mol. The van der Waals surface area contributed by atoms with Crippen LogP contribution in [-0.4, -0.2) is 24.5 Å². The molecule has 0 fully saturated rings. The molecular formula is C10H14N6. The summed E-state index contributed by atoms with van der Waals surface area (Å²) in [5.41, 5.74) is 4.29. The molecule has 16 heavy (non-hydrogen) atoms. The quantitative estimate of drug-likeness (QED) is 0.739. The third-order valence-corrected chi connectivity index (χ3v) is 3.20. The van der Waals surface area contributed by atoms with Crippen molar-refractivity contribution in [3.63, 3.8) is 0 Å². The van der Waals surface area contributed by atoms with E-state index in [0.717, 1.165) is 36.0 Å². The van der Waals surface area contributed by atoms with E-state index in [-0.39, 0.29) is 0 Å². The molecule has 3 rings (SSSR count). The third-order valence-electron chi connectivity index (χ3n) is 3.20. The Morgan fingerprint density at radius 3 is 2.69 bits per heavy atom. The second-order valence-electron chi connectivity index (χ2n) is 4.14. The third kappa shape index (κ3) is 1.13. The Bertz CT molecular complexity index is 550. The Labute approximate surface area is 93.3 Å². The number of hydrogen-bond donors (Lipinski definition) is 1. The van der Waals surface area contributed by atoms with Crippen molar-refractivity contribution in [3.8, 4) is 11.5 Å². The van der Waals surface area contributed by atoms with Gasteiger partial charge in [-0.15, -0.1) is 5.10 Å². The van der Waals surface area contributed by atoms with Gasteiger partial charge in [0.1, 0.15) is 0 Å². The fourth-order valence-corrected chi connectivity index (χ4v) is 2.07. The van der Waals surface area contributed by atoms with Crippen molar-refractivity contribution in [1.82, 2.24) is 29.9 Å². The average molecular weight is 218 g/mol. The van der Waals surface area contributed by atoms with Crippen LogP contribution in [0.3, 0.4) is 0 Å². The van der Waals surface area contributed by atoms with Crippen LogP contribution in [0.15, 0.2) is 0 Å². The molecule has 0 saturated carbocycles. The van der Waals surface area contributed by atoms with Crippen LogP contribution in [0.25, 0.3) is 11.5 Å². The molecular weight excluding hydrogens is 204 g/mol. The van der Waals surface area contributed by atoms with Gasteiger partial charge in [0.15, 0.2) is 11.5 Å². The molecule has 84 valence electrons. The first-order chi connectivity index (χ1) is 7.68. The predicted octanol–water partition coefficient (Wildman–Crippen LogP) is 0.127. The molecule has 0 atom stereocenters. The van der Waals surface area contributed by atoms with Crippen LogP contribution in [0.5, 0.6) is 0 Å². The van der Waals surface area contributed by atoms with Crippen LogP contribution >= 0.6 is 0 Å². The van der Waals surface area contributed by atoms with Gasteiger partial charge in [0.05, 0.1) is 17.1 Å². The molecule has 0 radical (unpaired) electrons. The van der Waals surface area contributed by atoms with Crippen LogP contribution in [0.4, 0.5) is 0 Å². The van der Waals surface area contributed by atoms with Crippen molar-refractivity contribution in [2.24, 2.45) is 14.1 Å². The van der Waals surface area contributed by atoms with Gasteiger partial charge in [0.2, 0.25) is 0 Å². The number of imidazole rings is 1. The molecule has 6 nitrogen and oxygen atoms in total. The number of rotatable bonds is 1. The normalized spacial score (nSPS) is 14.4. The largest absolute Gasteiger partial charge is 0.328 e. The molecule has 0 unspecified atom stereocenters. The smallest absolute Gasteiger partial charge is 0.162 e. The number of aromatic nitrogens is 5. The number of nitrogens with one attached hydrogen (secondary N) is 1. The Morgan fingerprint density at radius 1 is 1.25 bits per heavy atom. The average Bonchev–Trinajstić information content (AvgIpc) is 2.90. The summed E-state index contributed by atoms with van der Waals surface area (Å²) >= 11 is 0. The highest BCUT2D eigenvalue weighted by Gasteiger charge is 2.22. The first-order valence-corrected chi connectivity index (χ1v) is 5.30. The van der Waals surface area contributed by atoms with Crippen molar-refractivity contribution >= 4 is 0 Å². The van der Waals surface area contributed by atoms with Gasteiger partial charge in [-0.05, 0) is 6.92 Å². The van der Waals surface area contributed by atoms with E-state index >= 15 is 0 Å². The van der Waals surface area contributed by atoms with E-state index in [1.807, 2.05) is 21.0 Å². The molecule has 0 spiro atoms. The van der Waals surface area contributed by atoms with Crippen LogP contribution in [-0.2, 0) is 27.2 Å². The maximum Gasteiger partial charge on any atom is 0.162 e. The fourth-order valence-electron chi connectivity index (χ4n) is 2.07. The molecule has 0 bridgehead atoms. The van der Waals surface area contributed by atoms with E-state index in [1.54, 1.807) is 4.68 Å². The summed E-state index contributed by atoms with van der Waals surface area (Å²) in [6, 6.07) is 0. The highest BCUT2D eigenvalue weighted by molar-refractivity contribution is 5.54. The topological polar surface area (TPSA) is 60.6 Å². The lowest BCUT2D eigenvalue weighted by molar-refractivity contribution is 0.696. The lowest BCUT2D eigenvalue weighted by Crippen LogP contribution is -2.07. The SMILES string of the molecule is Cc1c(-c2nc3c(n2C)CNC3)nnn1C. The molecule has 1 aliphatic rings. The molecule has 1 N–H and O–H groups in total. The Balaban J connectivity index is 2.17. The Hall–Kier alpha value is -1.69. The summed E-state index contributed by atoms with van der Waals surface area (Å²) < 4.78 is 3.87. The maximum absolute atomic E-state index is 4.62. The van der Waals surface area contributed by atoms with E-state index in [4.69, 9.17) is 0 Å². The minimum Gasteiger partial charge on any atom is -0.328 e. The van der Waals surface area contributed by atoms with Gasteiger partial charge in [-0.25, -0.2) is 4.98 Å². The number of aryl methyl sites for hydroxylation is 1. The van der Waals surface area contributed by atoms with Gasteiger partial charge in [-0.2, -0.15) is 0 Å². The lowest BCUT2D eigenvalue weighted by Gasteiger charge is -2.02. The zero-order chi connectivity index (χ0) is 11.3. The first-order valence-electron chi connectivity index (χ1n) is 5.30. The summed E-state index contributed by atoms with van der Waals surface area (Å²) in [5, 5.41) is 11.5. The van der Waals surface area contributed by atoms with Crippen molar-refractivity contribution in [1.29, 1.82) is 0 Å². The van der Waals surface area contributed by atoms with Crippen LogP contribution in [0.2, 0.25) is 0 Å². The van der Waals surface area contributed by atoms with Crippen molar-refractivity contribution in [3.05, 3.63) is 17.1 Å². The summed E-state index contributed by atoms with van der Waals surface area (Å²) in [6.07, 6.45) is 0. The summed E-state index contributed by atoms with van der Waals surface area (Å²) in [7, 11) is 3.92. The van der Waals surface area contributed by atoms with E-state index in [2.05, 4.69) is 25.2 Å². The summed E-state index contributed by atoms with van der Waals surface area (Å²) in [5.74, 6) is 0.914. The molecule has 1 aliphatic heterocycles. The van der Waals surface area contributed by atoms with E-state index in [1.165, 1.54) is 5.69 Å². The maximum atomic E-state index is 4.62. The monoisotopic (exact) mass is 218 g/mol. The molecule has 0 aliphatic carbocycles. The van der Waals surface area contributed by atoms with Crippen LogP contribution in [0.1, 0.15) is 17.1 Å². The van der Waals surface area contributed by atoms with E-state index in [9.17, 15) is 0 Å². The second kappa shape index (κ2) is 3.15. The second-order valence-corrected chi connectivity index (χ2v) is 4.14. The van der Waals surface area contributed by atoms with Gasteiger partial charge < -0.3 is 9.88 Å². The molecule has 0 amide bonds. The zero-order valence-electron chi connectivity index (χ0n) is 9.65. The zero-order valence-corrected chi connectivity index (χ0v) is 9.65. The van der Waals surface area contributed by atoms with Crippen molar-refractivity contribution in [2.45, 2.75) is 20.0 Å². The fraction of sp³-hybridized carbons (Fsp3) is 0.500. The minimum atomic E-state index is 0.850. The first kappa shape index (κ1) is 9.53. The summed E-state index contributed by atoms with van der Waals surface area (Å²) in [4.78, 5) is 4.62. The van der Waals surface area contributed by atoms with Gasteiger partial charge in [-0.1, -0.05) is 5.21 Å². The lowest BCUT2D eigenvalue weighted by atomic mass is 10.3. The molecule has 2 aromatic rings.